The topological polar surface area (TPSA) is 109 Å². The van der Waals surface area contributed by atoms with Crippen LogP contribution < -0.4 is 4.74 Å². The second kappa shape index (κ2) is 5.01. The average molecular weight is 257 g/mol. The number of aromatic hydroxyl groups is 1. The van der Waals surface area contributed by atoms with Crippen LogP contribution in [0.4, 0.5) is 5.69 Å². The maximum Gasteiger partial charge on any atom is 0.289 e. The van der Waals surface area contributed by atoms with Gasteiger partial charge in [0, 0.05) is 6.07 Å². The first-order chi connectivity index (χ1) is 9.11. The maximum absolute atomic E-state index is 10.6. The Morgan fingerprint density at radius 1 is 1.42 bits per heavy atom. The van der Waals surface area contributed by atoms with E-state index in [1.165, 1.54) is 12.1 Å². The van der Waals surface area contributed by atoms with Gasteiger partial charge in [0.1, 0.15) is 17.8 Å². The van der Waals surface area contributed by atoms with Crippen LogP contribution in [0.1, 0.15) is 5.56 Å². The van der Waals surface area contributed by atoms with E-state index in [0.717, 1.165) is 12.3 Å². The van der Waals surface area contributed by atoms with Gasteiger partial charge < -0.3 is 9.84 Å². The van der Waals surface area contributed by atoms with E-state index in [1.807, 2.05) is 0 Å². The van der Waals surface area contributed by atoms with Crippen LogP contribution in [-0.2, 0) is 0 Å². The maximum atomic E-state index is 10.6. The summed E-state index contributed by atoms with van der Waals surface area (Å²) in [6.45, 7) is 0. The van der Waals surface area contributed by atoms with Gasteiger partial charge in [-0.2, -0.15) is 5.26 Å². The molecule has 0 atom stereocenters. The first-order valence-corrected chi connectivity index (χ1v) is 5.12. The van der Waals surface area contributed by atoms with E-state index < -0.39 is 4.92 Å². The summed E-state index contributed by atoms with van der Waals surface area (Å²) in [5, 5.41) is 29.0. The third-order valence-corrected chi connectivity index (χ3v) is 2.24. The number of nitro groups is 1. The summed E-state index contributed by atoms with van der Waals surface area (Å²) in [5.41, 5.74) is -0.390. The summed E-state index contributed by atoms with van der Waals surface area (Å²) >= 11 is 0. The van der Waals surface area contributed by atoms with Gasteiger partial charge in [-0.1, -0.05) is 12.1 Å². The van der Waals surface area contributed by atoms with E-state index in [1.54, 1.807) is 18.2 Å². The van der Waals surface area contributed by atoms with Crippen molar-refractivity contribution >= 4 is 5.69 Å². The van der Waals surface area contributed by atoms with Crippen LogP contribution in [0.3, 0.4) is 0 Å². The van der Waals surface area contributed by atoms with Crippen molar-refractivity contribution in [3.63, 3.8) is 0 Å². The number of para-hydroxylation sites is 2. The molecule has 94 valence electrons. The Bertz CT molecular complexity index is 679. The molecule has 1 aromatic carbocycles. The molecule has 0 amide bonds. The zero-order valence-corrected chi connectivity index (χ0v) is 9.48. The second-order valence-electron chi connectivity index (χ2n) is 3.48. The molecule has 0 spiro atoms. The quantitative estimate of drug-likeness (QED) is 0.667. The Balaban J connectivity index is 2.39. The number of hydrogen-bond acceptors (Lipinski definition) is 6. The van der Waals surface area contributed by atoms with Crippen molar-refractivity contribution in [1.82, 2.24) is 4.98 Å². The van der Waals surface area contributed by atoms with Crippen LogP contribution >= 0.6 is 0 Å². The van der Waals surface area contributed by atoms with Crippen LogP contribution in [0.5, 0.6) is 17.4 Å². The van der Waals surface area contributed by atoms with Gasteiger partial charge in [-0.15, -0.1) is 0 Å². The Labute approximate surface area is 107 Å². The van der Waals surface area contributed by atoms with Crippen molar-refractivity contribution in [3.8, 4) is 23.4 Å². The molecule has 0 unspecified atom stereocenters. The summed E-state index contributed by atoms with van der Waals surface area (Å²) in [7, 11) is 0. The molecule has 0 aliphatic rings. The lowest BCUT2D eigenvalue weighted by molar-refractivity contribution is -0.385. The molecule has 7 heteroatoms. The highest BCUT2D eigenvalue weighted by molar-refractivity contribution is 5.48. The number of benzene rings is 1. The minimum atomic E-state index is -0.655. The number of ether oxygens (including phenoxy) is 1. The highest BCUT2D eigenvalue weighted by Gasteiger charge is 2.14. The van der Waals surface area contributed by atoms with E-state index in [2.05, 4.69) is 4.98 Å². The van der Waals surface area contributed by atoms with E-state index in [-0.39, 0.29) is 28.6 Å². The van der Waals surface area contributed by atoms with Crippen LogP contribution in [0.2, 0.25) is 0 Å². The fraction of sp³-hybridized carbons (Fsp3) is 0. The minimum Gasteiger partial charge on any atom is -0.504 e. The Morgan fingerprint density at radius 3 is 2.79 bits per heavy atom. The Kier molecular flexibility index (Phi) is 3.25. The van der Waals surface area contributed by atoms with Gasteiger partial charge >= 0.3 is 0 Å². The van der Waals surface area contributed by atoms with Gasteiger partial charge in [-0.05, 0) is 12.1 Å². The molecule has 0 bridgehead atoms. The molecular weight excluding hydrogens is 250 g/mol. The molecule has 0 fully saturated rings. The van der Waals surface area contributed by atoms with Gasteiger partial charge in [-0.25, -0.2) is 4.98 Å². The number of pyridine rings is 1. The molecule has 2 aromatic rings. The molecular formula is C12H7N3O4. The van der Waals surface area contributed by atoms with Crippen molar-refractivity contribution in [3.05, 3.63) is 52.2 Å². The molecule has 1 N–H and O–H groups in total. The predicted molar refractivity (Wildman–Crippen MR) is 63.8 cm³/mol. The number of nitriles is 1. The van der Waals surface area contributed by atoms with Crippen LogP contribution in [0.15, 0.2) is 36.5 Å². The molecule has 2 rings (SSSR count). The van der Waals surface area contributed by atoms with Crippen LogP contribution in [0, 0.1) is 21.4 Å². The molecule has 0 saturated heterocycles. The van der Waals surface area contributed by atoms with Gasteiger partial charge in [0.25, 0.3) is 5.69 Å². The fourth-order valence-electron chi connectivity index (χ4n) is 1.35. The summed E-state index contributed by atoms with van der Waals surface area (Å²) in [4.78, 5) is 13.6. The minimum absolute atomic E-state index is 0.0857. The summed E-state index contributed by atoms with van der Waals surface area (Å²) in [5.74, 6) is -0.110. The van der Waals surface area contributed by atoms with E-state index in [9.17, 15) is 15.2 Å². The third-order valence-electron chi connectivity index (χ3n) is 2.24. The zero-order valence-electron chi connectivity index (χ0n) is 9.48. The normalized spacial score (nSPS) is 9.63. The van der Waals surface area contributed by atoms with Crippen LogP contribution in [0.25, 0.3) is 0 Å². The van der Waals surface area contributed by atoms with Crippen molar-refractivity contribution in [2.24, 2.45) is 0 Å². The van der Waals surface area contributed by atoms with E-state index >= 15 is 0 Å². The SMILES string of the molecule is N#Cc1cc([N+](=O)[O-])cnc1Oc1ccccc1O. The van der Waals surface area contributed by atoms with E-state index in [4.69, 9.17) is 10.00 Å². The van der Waals surface area contributed by atoms with Crippen molar-refractivity contribution in [2.45, 2.75) is 0 Å². The standard InChI is InChI=1S/C12H7N3O4/c13-6-8-5-9(15(17)18)7-14-12(8)19-11-4-2-1-3-10(11)16/h1-5,7,16H. The average Bonchev–Trinajstić information content (AvgIpc) is 2.41. The molecule has 0 saturated carbocycles. The molecule has 0 aliphatic carbocycles. The molecule has 1 aromatic heterocycles. The summed E-state index contributed by atoms with van der Waals surface area (Å²) < 4.78 is 5.26. The van der Waals surface area contributed by atoms with Gasteiger partial charge in [-0.3, -0.25) is 10.1 Å². The van der Waals surface area contributed by atoms with Crippen LogP contribution in [-0.4, -0.2) is 15.0 Å². The predicted octanol–water partition coefficient (Wildman–Crippen LogP) is 2.36. The number of phenolic OH excluding ortho intramolecular Hbond substituents is 1. The van der Waals surface area contributed by atoms with Crippen molar-refractivity contribution in [1.29, 1.82) is 5.26 Å². The molecule has 0 aliphatic heterocycles. The Morgan fingerprint density at radius 2 is 2.16 bits per heavy atom. The Hall–Kier alpha value is -3.14. The third kappa shape index (κ3) is 2.58. The number of hydrogen-bond donors (Lipinski definition) is 1. The molecule has 7 nitrogen and oxygen atoms in total. The summed E-state index contributed by atoms with van der Waals surface area (Å²) in [6.07, 6.45) is 0.982. The first kappa shape index (κ1) is 12.3. The smallest absolute Gasteiger partial charge is 0.289 e. The lowest BCUT2D eigenvalue weighted by atomic mass is 10.2. The second-order valence-corrected chi connectivity index (χ2v) is 3.48. The molecule has 19 heavy (non-hydrogen) atoms. The number of nitrogens with zero attached hydrogens (tertiary/aromatic N) is 3. The summed E-state index contributed by atoms with van der Waals surface area (Å²) in [6, 6.07) is 8.95. The van der Waals surface area contributed by atoms with Gasteiger partial charge in [0.2, 0.25) is 5.88 Å². The highest BCUT2D eigenvalue weighted by Crippen LogP contribution is 2.31. The molecule has 0 radical (unpaired) electrons. The number of rotatable bonds is 3. The largest absolute Gasteiger partial charge is 0.504 e. The fourth-order valence-corrected chi connectivity index (χ4v) is 1.35. The lowest BCUT2D eigenvalue weighted by Gasteiger charge is -2.07. The molecule has 1 heterocycles. The van der Waals surface area contributed by atoms with Gasteiger partial charge in [0.15, 0.2) is 11.5 Å². The lowest BCUT2D eigenvalue weighted by Crippen LogP contribution is -1.95. The number of phenols is 1. The highest BCUT2D eigenvalue weighted by atomic mass is 16.6. The first-order valence-electron chi connectivity index (χ1n) is 5.12. The van der Waals surface area contributed by atoms with E-state index in [0.29, 0.717) is 0 Å². The number of aromatic nitrogens is 1. The zero-order chi connectivity index (χ0) is 13.8. The van der Waals surface area contributed by atoms with Crippen molar-refractivity contribution in [2.75, 3.05) is 0 Å². The monoisotopic (exact) mass is 257 g/mol. The van der Waals surface area contributed by atoms with Crippen molar-refractivity contribution < 1.29 is 14.8 Å². The van der Waals surface area contributed by atoms with Gasteiger partial charge in [0.05, 0.1) is 4.92 Å².